The minimum Gasteiger partial charge on any atom is -0.494 e. The molecule has 2 aromatic carbocycles. The van der Waals surface area contributed by atoms with E-state index in [-0.39, 0.29) is 17.5 Å². The Hall–Kier alpha value is -3.19. The van der Waals surface area contributed by atoms with Crippen molar-refractivity contribution in [3.05, 3.63) is 59.2 Å². The molecule has 29 heavy (non-hydrogen) atoms. The lowest BCUT2D eigenvalue weighted by atomic mass is 10.1. The van der Waals surface area contributed by atoms with Gasteiger partial charge in [-0.15, -0.1) is 0 Å². The van der Waals surface area contributed by atoms with Gasteiger partial charge in [0.05, 0.1) is 23.4 Å². The van der Waals surface area contributed by atoms with E-state index >= 15 is 0 Å². The van der Waals surface area contributed by atoms with Crippen LogP contribution >= 0.6 is 0 Å². The van der Waals surface area contributed by atoms with Gasteiger partial charge in [-0.1, -0.05) is 6.92 Å². The van der Waals surface area contributed by atoms with Crippen LogP contribution in [0.15, 0.2) is 42.5 Å². The first-order chi connectivity index (χ1) is 14.0. The van der Waals surface area contributed by atoms with E-state index < -0.39 is 11.8 Å². The van der Waals surface area contributed by atoms with Crippen LogP contribution in [0, 0.1) is 0 Å². The molecule has 0 bridgehead atoms. The van der Waals surface area contributed by atoms with Crippen molar-refractivity contribution >= 4 is 23.4 Å². The van der Waals surface area contributed by atoms with Crippen LogP contribution in [-0.2, 0) is 0 Å². The fourth-order valence-corrected chi connectivity index (χ4v) is 3.24. The molecule has 1 heterocycles. The zero-order valence-electron chi connectivity index (χ0n) is 16.8. The summed E-state index contributed by atoms with van der Waals surface area (Å²) < 4.78 is 5.40. The van der Waals surface area contributed by atoms with Gasteiger partial charge in [-0.3, -0.25) is 14.4 Å². The molecule has 3 amide bonds. The van der Waals surface area contributed by atoms with Crippen molar-refractivity contribution in [3.8, 4) is 5.75 Å². The Balaban J connectivity index is 1.78. The van der Waals surface area contributed by atoms with E-state index in [0.717, 1.165) is 11.4 Å². The quantitative estimate of drug-likeness (QED) is 0.671. The number of imide groups is 1. The summed E-state index contributed by atoms with van der Waals surface area (Å²) >= 11 is 0. The zero-order chi connectivity index (χ0) is 21.0. The Morgan fingerprint density at radius 3 is 2.38 bits per heavy atom. The van der Waals surface area contributed by atoms with Crippen molar-refractivity contribution in [2.24, 2.45) is 0 Å². The standard InChI is InChI=1S/C22H25N3O4/c1-4-23-14(3)13-24-20(26)15-6-11-18-19(12-15)22(28)25(21(18)27)16-7-9-17(10-8-16)29-5-2/h6-12,14,23H,4-5,13H2,1-3H3,(H,24,26)/t14-/m1/s1. The molecule has 2 N–H and O–H groups in total. The number of benzene rings is 2. The predicted octanol–water partition coefficient (Wildman–Crippen LogP) is 2.61. The first kappa shape index (κ1) is 20.5. The van der Waals surface area contributed by atoms with Crippen LogP contribution in [0.4, 0.5) is 5.69 Å². The van der Waals surface area contributed by atoms with Crippen LogP contribution in [0.5, 0.6) is 5.75 Å². The van der Waals surface area contributed by atoms with Crippen LogP contribution in [0.3, 0.4) is 0 Å². The van der Waals surface area contributed by atoms with Gasteiger partial charge in [0.1, 0.15) is 5.75 Å². The van der Waals surface area contributed by atoms with Crippen LogP contribution in [0.1, 0.15) is 51.8 Å². The second-order valence-corrected chi connectivity index (χ2v) is 6.80. The number of carbonyl (C=O) groups excluding carboxylic acids is 3. The van der Waals surface area contributed by atoms with E-state index in [1.165, 1.54) is 12.1 Å². The molecule has 0 radical (unpaired) electrons. The third kappa shape index (κ3) is 4.30. The molecule has 2 aromatic rings. The molecule has 0 saturated heterocycles. The fraction of sp³-hybridized carbons (Fsp3) is 0.318. The van der Waals surface area contributed by atoms with Gasteiger partial charge in [0.15, 0.2) is 0 Å². The maximum absolute atomic E-state index is 12.9. The second-order valence-electron chi connectivity index (χ2n) is 6.80. The molecule has 1 atom stereocenters. The van der Waals surface area contributed by atoms with Crippen molar-refractivity contribution in [3.63, 3.8) is 0 Å². The highest BCUT2D eigenvalue weighted by Gasteiger charge is 2.37. The van der Waals surface area contributed by atoms with E-state index in [9.17, 15) is 14.4 Å². The maximum atomic E-state index is 12.9. The van der Waals surface area contributed by atoms with Crippen LogP contribution in [0.2, 0.25) is 0 Å². The van der Waals surface area contributed by atoms with Gasteiger partial charge in [-0.05, 0) is 62.9 Å². The van der Waals surface area contributed by atoms with Crippen molar-refractivity contribution in [1.82, 2.24) is 10.6 Å². The van der Waals surface area contributed by atoms with E-state index in [1.807, 2.05) is 20.8 Å². The number of ether oxygens (including phenoxy) is 1. The molecule has 1 aliphatic rings. The Bertz CT molecular complexity index is 924. The average molecular weight is 395 g/mol. The molecule has 3 rings (SSSR count). The van der Waals surface area contributed by atoms with Gasteiger partial charge >= 0.3 is 0 Å². The highest BCUT2D eigenvalue weighted by atomic mass is 16.5. The Kier molecular flexibility index (Phi) is 6.29. The summed E-state index contributed by atoms with van der Waals surface area (Å²) in [5.74, 6) is -0.456. The largest absolute Gasteiger partial charge is 0.494 e. The molecular weight excluding hydrogens is 370 g/mol. The Morgan fingerprint density at radius 2 is 1.72 bits per heavy atom. The molecule has 0 saturated carbocycles. The van der Waals surface area contributed by atoms with Crippen molar-refractivity contribution in [2.75, 3.05) is 24.6 Å². The number of anilines is 1. The Labute approximate surface area is 170 Å². The molecule has 152 valence electrons. The molecule has 1 aliphatic heterocycles. The van der Waals surface area contributed by atoms with E-state index in [1.54, 1.807) is 30.3 Å². The minimum absolute atomic E-state index is 0.136. The van der Waals surface area contributed by atoms with Gasteiger partial charge in [0.25, 0.3) is 17.7 Å². The van der Waals surface area contributed by atoms with Crippen LogP contribution in [-0.4, -0.2) is 43.5 Å². The summed E-state index contributed by atoms with van der Waals surface area (Å²) in [6.45, 7) is 7.67. The number of hydrogen-bond acceptors (Lipinski definition) is 5. The highest BCUT2D eigenvalue weighted by molar-refractivity contribution is 6.34. The van der Waals surface area contributed by atoms with Gasteiger partial charge in [-0.2, -0.15) is 0 Å². The average Bonchev–Trinajstić information content (AvgIpc) is 2.97. The van der Waals surface area contributed by atoms with Gasteiger partial charge < -0.3 is 15.4 Å². The molecule has 0 fully saturated rings. The fourth-order valence-electron chi connectivity index (χ4n) is 3.24. The molecule has 0 unspecified atom stereocenters. The molecule has 7 nitrogen and oxygen atoms in total. The number of likely N-dealkylation sites (N-methyl/N-ethyl adjacent to an activating group) is 1. The lowest BCUT2D eigenvalue weighted by molar-refractivity contribution is 0.0923. The number of nitrogens with one attached hydrogen (secondary N) is 2. The van der Waals surface area contributed by atoms with Gasteiger partial charge in [0.2, 0.25) is 0 Å². The second kappa shape index (κ2) is 8.87. The van der Waals surface area contributed by atoms with Crippen molar-refractivity contribution in [2.45, 2.75) is 26.8 Å². The van der Waals surface area contributed by atoms with E-state index in [0.29, 0.717) is 35.7 Å². The summed E-state index contributed by atoms with van der Waals surface area (Å²) in [6, 6.07) is 11.5. The highest BCUT2D eigenvalue weighted by Crippen LogP contribution is 2.30. The molecular formula is C22H25N3O4. The summed E-state index contributed by atoms with van der Waals surface area (Å²) in [5.41, 5.74) is 1.34. The molecule has 0 aliphatic carbocycles. The summed E-state index contributed by atoms with van der Waals surface area (Å²) in [5, 5.41) is 6.05. The molecule has 7 heteroatoms. The number of amides is 3. The summed E-state index contributed by atoms with van der Waals surface area (Å²) in [6.07, 6.45) is 0. The number of rotatable bonds is 8. The maximum Gasteiger partial charge on any atom is 0.266 e. The SMILES string of the molecule is CCN[C@H](C)CNC(=O)c1ccc2c(c1)C(=O)N(c1ccc(OCC)cc1)C2=O. The van der Waals surface area contributed by atoms with Gasteiger partial charge in [-0.25, -0.2) is 4.90 Å². The van der Waals surface area contributed by atoms with E-state index in [2.05, 4.69) is 10.6 Å². The third-order valence-corrected chi connectivity index (χ3v) is 4.68. The first-order valence-electron chi connectivity index (χ1n) is 9.73. The topological polar surface area (TPSA) is 87.7 Å². The third-order valence-electron chi connectivity index (χ3n) is 4.68. The molecule has 0 spiro atoms. The number of fused-ring (bicyclic) bond motifs is 1. The predicted molar refractivity (Wildman–Crippen MR) is 111 cm³/mol. The summed E-state index contributed by atoms with van der Waals surface area (Å²) in [7, 11) is 0. The van der Waals surface area contributed by atoms with Crippen LogP contribution in [0.25, 0.3) is 0 Å². The van der Waals surface area contributed by atoms with Gasteiger partial charge in [0, 0.05) is 18.2 Å². The summed E-state index contributed by atoms with van der Waals surface area (Å²) in [4.78, 5) is 39.2. The van der Waals surface area contributed by atoms with E-state index in [4.69, 9.17) is 4.74 Å². The number of carbonyl (C=O) groups is 3. The lowest BCUT2D eigenvalue weighted by Crippen LogP contribution is -2.38. The normalized spacial score (nSPS) is 14.0. The molecule has 0 aromatic heterocycles. The van der Waals surface area contributed by atoms with Crippen molar-refractivity contribution < 1.29 is 19.1 Å². The van der Waals surface area contributed by atoms with Crippen molar-refractivity contribution in [1.29, 1.82) is 0 Å². The lowest BCUT2D eigenvalue weighted by Gasteiger charge is -2.14. The minimum atomic E-state index is -0.440. The number of nitrogens with zero attached hydrogens (tertiary/aromatic N) is 1. The monoisotopic (exact) mass is 395 g/mol. The smallest absolute Gasteiger partial charge is 0.266 e. The zero-order valence-corrected chi connectivity index (χ0v) is 16.8. The first-order valence-corrected chi connectivity index (χ1v) is 9.73. The Morgan fingerprint density at radius 1 is 1.03 bits per heavy atom. The number of hydrogen-bond donors (Lipinski definition) is 2. The van der Waals surface area contributed by atoms with Crippen LogP contribution < -0.4 is 20.3 Å².